The number of nitrogens with one attached hydrogen (secondary N) is 1. The van der Waals surface area contributed by atoms with E-state index in [1.807, 2.05) is 65.2 Å². The number of anilines is 2. The van der Waals surface area contributed by atoms with Gasteiger partial charge in [-0.3, -0.25) is 14.3 Å². The topological polar surface area (TPSA) is 82.9 Å². The number of nitrogens with zero attached hydrogens (tertiary/aromatic N) is 5. The molecule has 3 heterocycles. The molecule has 5 rings (SSSR count). The molecular formula is C29H36N6O3. The predicted molar refractivity (Wildman–Crippen MR) is 148 cm³/mol. The Morgan fingerprint density at radius 2 is 1.63 bits per heavy atom. The van der Waals surface area contributed by atoms with Gasteiger partial charge in [-0.2, -0.15) is 5.10 Å². The second-order valence-corrected chi connectivity index (χ2v) is 10.2. The predicted octanol–water partition coefficient (Wildman–Crippen LogP) is 3.68. The fraction of sp³-hybridized carbons (Fsp3) is 0.414. The van der Waals surface area contributed by atoms with E-state index in [-0.39, 0.29) is 17.9 Å². The van der Waals surface area contributed by atoms with Gasteiger partial charge in [0, 0.05) is 62.3 Å². The second kappa shape index (κ2) is 11.3. The Morgan fingerprint density at radius 1 is 0.947 bits per heavy atom. The molecule has 9 nitrogen and oxygen atoms in total. The Hall–Kier alpha value is -3.85. The first-order valence-corrected chi connectivity index (χ1v) is 13.2. The molecule has 2 aliphatic rings. The second-order valence-electron chi connectivity index (χ2n) is 10.2. The van der Waals surface area contributed by atoms with E-state index in [2.05, 4.69) is 27.3 Å². The van der Waals surface area contributed by atoms with E-state index in [9.17, 15) is 9.59 Å². The number of piperazine rings is 1. The number of aryl methyl sites for hydroxylation is 1. The molecule has 2 saturated heterocycles. The third-order valence-electron chi connectivity index (χ3n) is 7.64. The number of rotatable bonds is 6. The highest BCUT2D eigenvalue weighted by Gasteiger charge is 2.26. The number of carbonyl (C=O) groups is 2. The minimum atomic E-state index is -0.150. The van der Waals surface area contributed by atoms with Gasteiger partial charge >= 0.3 is 0 Å². The van der Waals surface area contributed by atoms with Crippen molar-refractivity contribution in [2.75, 3.05) is 63.6 Å². The summed E-state index contributed by atoms with van der Waals surface area (Å²) in [5.41, 5.74) is 4.09. The Balaban J connectivity index is 1.14. The van der Waals surface area contributed by atoms with Crippen molar-refractivity contribution in [3.05, 3.63) is 71.5 Å². The molecule has 2 aromatic carbocycles. The standard InChI is InChI=1S/C29H36N6O3/c1-21-4-5-23(18-27(21)38-3)29(37)34-12-10-26(11-13-34)35-20-24(19-30-35)31-28(36)22-6-8-25(9-7-22)33-16-14-32(2)15-17-33/h4-9,18-20,26H,10-17H2,1-3H3,(H,31,36). The Kier molecular flexibility index (Phi) is 7.64. The molecule has 2 aliphatic heterocycles. The molecule has 2 fully saturated rings. The number of carbonyl (C=O) groups excluding carboxylic acids is 2. The molecule has 1 aromatic heterocycles. The van der Waals surface area contributed by atoms with E-state index in [1.54, 1.807) is 13.3 Å². The number of likely N-dealkylation sites (N-methyl/N-ethyl adjacent to an activating group) is 1. The maximum absolute atomic E-state index is 13.0. The minimum absolute atomic E-state index is 0.0220. The van der Waals surface area contributed by atoms with Crippen molar-refractivity contribution in [1.82, 2.24) is 19.6 Å². The molecule has 0 saturated carbocycles. The Labute approximate surface area is 224 Å². The first-order valence-electron chi connectivity index (χ1n) is 13.2. The summed E-state index contributed by atoms with van der Waals surface area (Å²) in [5, 5.41) is 7.47. The van der Waals surface area contributed by atoms with Gasteiger partial charge in [-0.05, 0) is 68.8 Å². The first kappa shape index (κ1) is 25.8. The smallest absolute Gasteiger partial charge is 0.255 e. The summed E-state index contributed by atoms with van der Waals surface area (Å²) in [6.45, 7) is 7.35. The minimum Gasteiger partial charge on any atom is -0.496 e. The monoisotopic (exact) mass is 516 g/mol. The zero-order valence-corrected chi connectivity index (χ0v) is 22.4. The molecule has 2 amide bonds. The van der Waals surface area contributed by atoms with Crippen molar-refractivity contribution in [1.29, 1.82) is 0 Å². The van der Waals surface area contributed by atoms with Crippen LogP contribution < -0.4 is 15.0 Å². The summed E-state index contributed by atoms with van der Waals surface area (Å²) in [4.78, 5) is 32.4. The van der Waals surface area contributed by atoms with Gasteiger partial charge in [-0.15, -0.1) is 0 Å². The first-order chi connectivity index (χ1) is 18.4. The molecule has 38 heavy (non-hydrogen) atoms. The van der Waals surface area contributed by atoms with E-state index in [0.717, 1.165) is 56.0 Å². The van der Waals surface area contributed by atoms with Gasteiger partial charge in [-0.1, -0.05) is 6.07 Å². The van der Waals surface area contributed by atoms with Crippen LogP contribution in [0, 0.1) is 6.92 Å². The van der Waals surface area contributed by atoms with Gasteiger partial charge in [0.05, 0.1) is 25.0 Å². The molecule has 0 radical (unpaired) electrons. The molecule has 1 N–H and O–H groups in total. The molecular weight excluding hydrogens is 480 g/mol. The van der Waals surface area contributed by atoms with Gasteiger partial charge < -0.3 is 24.8 Å². The van der Waals surface area contributed by atoms with E-state index in [4.69, 9.17) is 4.74 Å². The largest absolute Gasteiger partial charge is 0.496 e. The lowest BCUT2D eigenvalue weighted by Crippen LogP contribution is -2.44. The highest BCUT2D eigenvalue weighted by molar-refractivity contribution is 6.04. The molecule has 0 aliphatic carbocycles. The summed E-state index contributed by atoms with van der Waals surface area (Å²) in [6, 6.07) is 13.6. The summed E-state index contributed by atoms with van der Waals surface area (Å²) in [7, 11) is 3.76. The van der Waals surface area contributed by atoms with Crippen molar-refractivity contribution >= 4 is 23.2 Å². The summed E-state index contributed by atoms with van der Waals surface area (Å²) >= 11 is 0. The van der Waals surface area contributed by atoms with Crippen molar-refractivity contribution in [3.63, 3.8) is 0 Å². The van der Waals surface area contributed by atoms with Crippen LogP contribution in [0.15, 0.2) is 54.9 Å². The van der Waals surface area contributed by atoms with E-state index in [0.29, 0.717) is 29.9 Å². The van der Waals surface area contributed by atoms with Crippen LogP contribution in [-0.2, 0) is 0 Å². The van der Waals surface area contributed by atoms with Crippen molar-refractivity contribution < 1.29 is 14.3 Å². The van der Waals surface area contributed by atoms with Crippen molar-refractivity contribution in [2.45, 2.75) is 25.8 Å². The normalized spacial score (nSPS) is 16.9. The summed E-state index contributed by atoms with van der Waals surface area (Å²) in [6.07, 6.45) is 5.17. The third kappa shape index (κ3) is 5.67. The van der Waals surface area contributed by atoms with E-state index >= 15 is 0 Å². The fourth-order valence-electron chi connectivity index (χ4n) is 5.16. The number of hydrogen-bond acceptors (Lipinski definition) is 6. The van der Waals surface area contributed by atoms with E-state index in [1.165, 1.54) is 0 Å². The average molecular weight is 517 g/mol. The lowest BCUT2D eigenvalue weighted by Gasteiger charge is -2.34. The summed E-state index contributed by atoms with van der Waals surface area (Å²) < 4.78 is 7.28. The van der Waals surface area contributed by atoms with Gasteiger partial charge in [0.15, 0.2) is 0 Å². The number of aromatic nitrogens is 2. The van der Waals surface area contributed by atoms with Gasteiger partial charge in [-0.25, -0.2) is 0 Å². The lowest BCUT2D eigenvalue weighted by molar-refractivity contribution is 0.0689. The quantitative estimate of drug-likeness (QED) is 0.538. The molecule has 0 atom stereocenters. The average Bonchev–Trinajstić information content (AvgIpc) is 3.42. The number of benzene rings is 2. The van der Waals surface area contributed by atoms with Gasteiger partial charge in [0.1, 0.15) is 5.75 Å². The highest BCUT2D eigenvalue weighted by Crippen LogP contribution is 2.26. The maximum Gasteiger partial charge on any atom is 0.255 e. The molecule has 9 heteroatoms. The highest BCUT2D eigenvalue weighted by atomic mass is 16.5. The molecule has 200 valence electrons. The Morgan fingerprint density at radius 3 is 2.32 bits per heavy atom. The maximum atomic E-state index is 13.0. The van der Waals surface area contributed by atoms with E-state index < -0.39 is 0 Å². The number of likely N-dealkylation sites (tertiary alicyclic amines) is 1. The van der Waals surface area contributed by atoms with Crippen LogP contribution in [0.1, 0.15) is 45.2 Å². The summed E-state index contributed by atoms with van der Waals surface area (Å²) in [5.74, 6) is 0.597. The number of hydrogen-bond donors (Lipinski definition) is 1. The molecule has 0 unspecified atom stereocenters. The zero-order chi connectivity index (χ0) is 26.6. The molecule has 0 bridgehead atoms. The van der Waals surface area contributed by atoms with Crippen LogP contribution in [0.2, 0.25) is 0 Å². The van der Waals surface area contributed by atoms with Crippen molar-refractivity contribution in [2.24, 2.45) is 0 Å². The van der Waals surface area contributed by atoms with Gasteiger partial charge in [0.2, 0.25) is 0 Å². The number of piperidine rings is 1. The number of amides is 2. The van der Waals surface area contributed by atoms with Gasteiger partial charge in [0.25, 0.3) is 11.8 Å². The SMILES string of the molecule is COc1cc(C(=O)N2CCC(n3cc(NC(=O)c4ccc(N5CCN(C)CC5)cc4)cn3)CC2)ccc1C. The number of methoxy groups -OCH3 is 1. The van der Waals surface area contributed by atoms with Crippen molar-refractivity contribution in [3.8, 4) is 5.75 Å². The zero-order valence-electron chi connectivity index (χ0n) is 22.4. The van der Waals surface area contributed by atoms with Crippen LogP contribution in [0.25, 0.3) is 0 Å². The van der Waals surface area contributed by atoms with Crippen LogP contribution in [-0.4, -0.2) is 84.8 Å². The third-order valence-corrected chi connectivity index (χ3v) is 7.64. The number of ether oxygens (including phenoxy) is 1. The van der Waals surface area contributed by atoms with Crippen LogP contribution in [0.5, 0.6) is 5.75 Å². The Bertz CT molecular complexity index is 1270. The van der Waals surface area contributed by atoms with Crippen LogP contribution in [0.3, 0.4) is 0 Å². The lowest BCUT2D eigenvalue weighted by atomic mass is 10.0. The fourth-order valence-corrected chi connectivity index (χ4v) is 5.16. The molecule has 0 spiro atoms. The van der Waals surface area contributed by atoms with Crippen LogP contribution in [0.4, 0.5) is 11.4 Å². The molecule has 3 aromatic rings. The van der Waals surface area contributed by atoms with Crippen LogP contribution >= 0.6 is 0 Å².